The summed E-state index contributed by atoms with van der Waals surface area (Å²) >= 11 is 3.78. The van der Waals surface area contributed by atoms with Gasteiger partial charge >= 0.3 is 0 Å². The molecule has 0 aromatic rings. The Morgan fingerprint density at radius 3 is 1.50 bits per heavy atom. The van der Waals surface area contributed by atoms with E-state index in [0.717, 1.165) is 23.3 Å². The largest absolute Gasteiger partial charge is 0.298 e. The van der Waals surface area contributed by atoms with Crippen molar-refractivity contribution in [2.24, 2.45) is 11.8 Å². The third-order valence-electron chi connectivity index (χ3n) is 4.68. The highest BCUT2D eigenvalue weighted by Gasteiger charge is 2.15. The molecule has 0 N–H and O–H groups in total. The standard InChI is InChI=1S/C17H30OS2/c18-17(13-19-11-15-7-3-1-4-8-15)14-20-12-16-9-5-2-6-10-16/h15-16H,1-14H2. The molecule has 0 heterocycles. The van der Waals surface area contributed by atoms with Gasteiger partial charge in [0, 0.05) is 0 Å². The molecule has 0 unspecified atom stereocenters. The van der Waals surface area contributed by atoms with Crippen LogP contribution in [-0.4, -0.2) is 28.8 Å². The number of carbonyl (C=O) groups excluding carboxylic acids is 1. The Balaban J connectivity index is 1.45. The minimum atomic E-state index is 0.464. The lowest BCUT2D eigenvalue weighted by Gasteiger charge is -2.21. The minimum absolute atomic E-state index is 0.464. The average molecular weight is 315 g/mol. The van der Waals surface area contributed by atoms with Gasteiger partial charge in [0.25, 0.3) is 0 Å². The topological polar surface area (TPSA) is 17.1 Å². The van der Waals surface area contributed by atoms with E-state index in [0.29, 0.717) is 5.78 Å². The fourth-order valence-electron chi connectivity index (χ4n) is 3.43. The second-order valence-electron chi connectivity index (χ2n) is 6.58. The summed E-state index contributed by atoms with van der Waals surface area (Å²) in [6.07, 6.45) is 14.1. The molecule has 0 radical (unpaired) electrons. The first-order valence-electron chi connectivity index (χ1n) is 8.52. The zero-order valence-electron chi connectivity index (χ0n) is 12.8. The van der Waals surface area contributed by atoms with Crippen LogP contribution in [0, 0.1) is 11.8 Å². The highest BCUT2D eigenvalue weighted by atomic mass is 32.2. The van der Waals surface area contributed by atoms with E-state index in [1.807, 2.05) is 23.5 Å². The molecule has 0 aromatic heterocycles. The first kappa shape index (κ1) is 16.7. The van der Waals surface area contributed by atoms with Gasteiger partial charge in [-0.3, -0.25) is 4.79 Å². The molecule has 0 saturated heterocycles. The van der Waals surface area contributed by atoms with Crippen molar-refractivity contribution in [3.05, 3.63) is 0 Å². The van der Waals surface area contributed by atoms with E-state index in [4.69, 9.17) is 0 Å². The fourth-order valence-corrected chi connectivity index (χ4v) is 5.79. The highest BCUT2D eigenvalue weighted by Crippen LogP contribution is 2.28. The van der Waals surface area contributed by atoms with E-state index in [2.05, 4.69) is 0 Å². The SMILES string of the molecule is O=C(CSCC1CCCCC1)CSCC1CCCCC1. The molecule has 3 heteroatoms. The first-order valence-corrected chi connectivity index (χ1v) is 10.8. The van der Waals surface area contributed by atoms with Gasteiger partial charge in [-0.05, 0) is 49.0 Å². The van der Waals surface area contributed by atoms with Gasteiger partial charge in [0.15, 0.2) is 5.78 Å². The van der Waals surface area contributed by atoms with Gasteiger partial charge in [-0.25, -0.2) is 0 Å². The molecule has 2 rings (SSSR count). The Bertz CT molecular complexity index is 242. The molecule has 2 fully saturated rings. The average Bonchev–Trinajstić information content (AvgIpc) is 2.49. The molecule has 0 spiro atoms. The lowest BCUT2D eigenvalue weighted by molar-refractivity contribution is -0.114. The Hall–Kier alpha value is 0.370. The summed E-state index contributed by atoms with van der Waals surface area (Å²) in [6.45, 7) is 0. The van der Waals surface area contributed by atoms with Crippen molar-refractivity contribution in [2.45, 2.75) is 64.2 Å². The number of Topliss-reactive ketones (excluding diaryl/α,β-unsaturated/α-hetero) is 1. The van der Waals surface area contributed by atoms with E-state index in [1.165, 1.54) is 75.7 Å². The Morgan fingerprint density at radius 1 is 0.700 bits per heavy atom. The zero-order valence-corrected chi connectivity index (χ0v) is 14.4. The maximum atomic E-state index is 11.9. The molecule has 1 nitrogen and oxygen atoms in total. The Labute approximate surface area is 133 Å². The molecule has 116 valence electrons. The molecular formula is C17H30OS2. The Kier molecular flexibility index (Phi) is 8.50. The summed E-state index contributed by atoms with van der Waals surface area (Å²) in [6, 6.07) is 0. The zero-order chi connectivity index (χ0) is 14.0. The van der Waals surface area contributed by atoms with E-state index in [1.54, 1.807) is 0 Å². The second-order valence-corrected chi connectivity index (χ2v) is 8.64. The van der Waals surface area contributed by atoms with Crippen molar-refractivity contribution in [1.29, 1.82) is 0 Å². The molecular weight excluding hydrogens is 284 g/mol. The maximum absolute atomic E-state index is 11.9. The predicted octanol–water partition coefficient (Wildman–Crippen LogP) is 5.18. The van der Waals surface area contributed by atoms with E-state index < -0.39 is 0 Å². The smallest absolute Gasteiger partial charge is 0.152 e. The van der Waals surface area contributed by atoms with Gasteiger partial charge in [-0.1, -0.05) is 38.5 Å². The quantitative estimate of drug-likeness (QED) is 0.614. The van der Waals surface area contributed by atoms with Crippen LogP contribution in [0.1, 0.15) is 64.2 Å². The van der Waals surface area contributed by atoms with Crippen molar-refractivity contribution < 1.29 is 4.79 Å². The summed E-state index contributed by atoms with van der Waals surface area (Å²) in [4.78, 5) is 11.9. The molecule has 0 aromatic carbocycles. The predicted molar refractivity (Wildman–Crippen MR) is 92.8 cm³/mol. The van der Waals surface area contributed by atoms with Crippen LogP contribution in [0.5, 0.6) is 0 Å². The first-order chi connectivity index (χ1) is 9.84. The van der Waals surface area contributed by atoms with E-state index in [-0.39, 0.29) is 0 Å². The lowest BCUT2D eigenvalue weighted by atomic mass is 9.91. The fraction of sp³-hybridized carbons (Fsp3) is 0.941. The van der Waals surface area contributed by atoms with Crippen molar-refractivity contribution in [3.63, 3.8) is 0 Å². The summed E-state index contributed by atoms with van der Waals surface area (Å²) < 4.78 is 0. The van der Waals surface area contributed by atoms with Crippen LogP contribution in [0.2, 0.25) is 0 Å². The second kappa shape index (κ2) is 10.2. The van der Waals surface area contributed by atoms with Gasteiger partial charge in [0.2, 0.25) is 0 Å². The van der Waals surface area contributed by atoms with Crippen molar-refractivity contribution in [3.8, 4) is 0 Å². The number of ketones is 1. The molecule has 2 saturated carbocycles. The summed E-state index contributed by atoms with van der Waals surface area (Å²) in [5, 5.41) is 0. The van der Waals surface area contributed by atoms with Gasteiger partial charge in [-0.2, -0.15) is 23.5 Å². The van der Waals surface area contributed by atoms with Gasteiger partial charge in [0.1, 0.15) is 0 Å². The van der Waals surface area contributed by atoms with Crippen LogP contribution < -0.4 is 0 Å². The van der Waals surface area contributed by atoms with Gasteiger partial charge < -0.3 is 0 Å². The van der Waals surface area contributed by atoms with E-state index in [9.17, 15) is 4.79 Å². The highest BCUT2D eigenvalue weighted by molar-refractivity contribution is 8.01. The third kappa shape index (κ3) is 6.89. The molecule has 0 aliphatic heterocycles. The lowest BCUT2D eigenvalue weighted by Crippen LogP contribution is -2.13. The number of hydrogen-bond acceptors (Lipinski definition) is 3. The van der Waals surface area contributed by atoms with Crippen molar-refractivity contribution in [1.82, 2.24) is 0 Å². The minimum Gasteiger partial charge on any atom is -0.298 e. The molecule has 0 atom stereocenters. The van der Waals surface area contributed by atoms with Crippen molar-refractivity contribution >= 4 is 29.3 Å². The van der Waals surface area contributed by atoms with Crippen LogP contribution in [0.4, 0.5) is 0 Å². The Morgan fingerprint density at radius 2 is 1.10 bits per heavy atom. The number of rotatable bonds is 8. The van der Waals surface area contributed by atoms with Crippen LogP contribution in [-0.2, 0) is 4.79 Å². The number of hydrogen-bond donors (Lipinski definition) is 0. The van der Waals surface area contributed by atoms with Crippen LogP contribution in [0.3, 0.4) is 0 Å². The molecule has 2 aliphatic carbocycles. The maximum Gasteiger partial charge on any atom is 0.152 e. The number of thioether (sulfide) groups is 2. The summed E-state index contributed by atoms with van der Waals surface area (Å²) in [7, 11) is 0. The van der Waals surface area contributed by atoms with Gasteiger partial charge in [0.05, 0.1) is 11.5 Å². The van der Waals surface area contributed by atoms with Gasteiger partial charge in [-0.15, -0.1) is 0 Å². The molecule has 0 bridgehead atoms. The summed E-state index contributed by atoms with van der Waals surface area (Å²) in [5.41, 5.74) is 0. The number of carbonyl (C=O) groups is 1. The normalized spacial score (nSPS) is 22.0. The third-order valence-corrected chi connectivity index (χ3v) is 7.15. The molecule has 2 aliphatic rings. The van der Waals surface area contributed by atoms with Crippen molar-refractivity contribution in [2.75, 3.05) is 23.0 Å². The van der Waals surface area contributed by atoms with E-state index >= 15 is 0 Å². The molecule has 20 heavy (non-hydrogen) atoms. The summed E-state index contributed by atoms with van der Waals surface area (Å²) in [5.74, 6) is 6.22. The monoisotopic (exact) mass is 314 g/mol. The van der Waals surface area contributed by atoms with Crippen LogP contribution in [0.25, 0.3) is 0 Å². The molecule has 0 amide bonds. The van der Waals surface area contributed by atoms with Crippen LogP contribution in [0.15, 0.2) is 0 Å². The van der Waals surface area contributed by atoms with Crippen LogP contribution >= 0.6 is 23.5 Å².